The molecule has 0 spiro atoms. The lowest BCUT2D eigenvalue weighted by Crippen LogP contribution is -2.59. The average molecular weight is 509 g/mol. The van der Waals surface area contributed by atoms with E-state index in [1.165, 1.54) is 6.33 Å². The lowest BCUT2D eigenvalue weighted by atomic mass is 9.88. The standard InChI is InChI=1S/C22H36F4N6O3/c1-3-15(6-5-7-22(24,25)26)10-32(4-2)20-18(23)19(29-14-30-20)28-13-21(35)8-9-31(11-16(21)33)12-17(27)34/h14-16,33,35H,3-13H2,1-2H3,(H2,27,34)(H,28,29,30)/t15-,16+,21+/m0/s1. The number of piperidine rings is 1. The largest absolute Gasteiger partial charge is 0.389 e. The van der Waals surface area contributed by atoms with Gasteiger partial charge in [0.25, 0.3) is 0 Å². The number of nitrogens with one attached hydrogen (secondary N) is 1. The van der Waals surface area contributed by atoms with Gasteiger partial charge in [0.1, 0.15) is 11.9 Å². The smallest absolute Gasteiger partial charge is 0.389 e. The lowest BCUT2D eigenvalue weighted by molar-refractivity contribution is -0.136. The van der Waals surface area contributed by atoms with Crippen LogP contribution in [0, 0.1) is 11.7 Å². The van der Waals surface area contributed by atoms with Crippen molar-refractivity contribution in [1.82, 2.24) is 14.9 Å². The van der Waals surface area contributed by atoms with E-state index in [-0.39, 0.29) is 50.0 Å². The number of alkyl halides is 3. The second-order valence-corrected chi connectivity index (χ2v) is 9.10. The van der Waals surface area contributed by atoms with Crippen LogP contribution in [0.25, 0.3) is 0 Å². The quantitative estimate of drug-likeness (QED) is 0.298. The fourth-order valence-corrected chi connectivity index (χ4v) is 4.23. The second kappa shape index (κ2) is 12.6. The van der Waals surface area contributed by atoms with E-state index in [4.69, 9.17) is 5.73 Å². The molecule has 0 radical (unpaired) electrons. The summed E-state index contributed by atoms with van der Waals surface area (Å²) in [6, 6.07) is 0. The maximum absolute atomic E-state index is 15.3. The number of hydrogen-bond acceptors (Lipinski definition) is 8. The van der Waals surface area contributed by atoms with E-state index in [0.717, 1.165) is 0 Å². The number of likely N-dealkylation sites (tertiary alicyclic amines) is 1. The van der Waals surface area contributed by atoms with E-state index in [9.17, 15) is 28.2 Å². The first kappa shape index (κ1) is 29.0. The highest BCUT2D eigenvalue weighted by Gasteiger charge is 2.41. The van der Waals surface area contributed by atoms with Crippen LogP contribution < -0.4 is 16.0 Å². The maximum Gasteiger partial charge on any atom is 0.389 e. The minimum absolute atomic E-state index is 0.0103. The lowest BCUT2D eigenvalue weighted by Gasteiger charge is -2.41. The summed E-state index contributed by atoms with van der Waals surface area (Å²) < 4.78 is 52.7. The molecule has 2 rings (SSSR count). The first-order valence-electron chi connectivity index (χ1n) is 11.9. The van der Waals surface area contributed by atoms with Gasteiger partial charge >= 0.3 is 6.18 Å². The first-order valence-corrected chi connectivity index (χ1v) is 11.9. The van der Waals surface area contributed by atoms with E-state index in [2.05, 4.69) is 15.3 Å². The summed E-state index contributed by atoms with van der Waals surface area (Å²) in [5.41, 5.74) is 3.61. The molecule has 0 aliphatic carbocycles. The van der Waals surface area contributed by atoms with Gasteiger partial charge in [-0.15, -0.1) is 0 Å². The van der Waals surface area contributed by atoms with Gasteiger partial charge in [-0.1, -0.05) is 13.3 Å². The molecule has 0 aromatic carbocycles. The van der Waals surface area contributed by atoms with Gasteiger partial charge in [0, 0.05) is 39.1 Å². The third kappa shape index (κ3) is 8.73. The van der Waals surface area contributed by atoms with Crippen molar-refractivity contribution in [1.29, 1.82) is 0 Å². The van der Waals surface area contributed by atoms with E-state index < -0.39 is 36.0 Å². The molecule has 0 saturated carbocycles. The molecule has 1 fully saturated rings. The monoisotopic (exact) mass is 508 g/mol. The molecule has 0 unspecified atom stereocenters. The Morgan fingerprint density at radius 3 is 2.69 bits per heavy atom. The summed E-state index contributed by atoms with van der Waals surface area (Å²) in [5, 5.41) is 24.0. The van der Waals surface area contributed by atoms with Crippen molar-refractivity contribution < 1.29 is 32.6 Å². The molecule has 1 aliphatic rings. The molecule has 1 aliphatic heterocycles. The second-order valence-electron chi connectivity index (χ2n) is 9.10. The van der Waals surface area contributed by atoms with E-state index >= 15 is 4.39 Å². The highest BCUT2D eigenvalue weighted by atomic mass is 19.4. The van der Waals surface area contributed by atoms with Crippen molar-refractivity contribution in [2.45, 2.75) is 63.8 Å². The van der Waals surface area contributed by atoms with Gasteiger partial charge in [0.15, 0.2) is 11.6 Å². The molecule has 1 aromatic rings. The summed E-state index contributed by atoms with van der Waals surface area (Å²) in [5.74, 6) is -1.49. The molecular weight excluding hydrogens is 472 g/mol. The number of carbonyl (C=O) groups is 1. The summed E-state index contributed by atoms with van der Waals surface area (Å²) in [4.78, 5) is 22.3. The molecule has 13 heteroatoms. The molecule has 35 heavy (non-hydrogen) atoms. The molecule has 5 N–H and O–H groups in total. The number of hydrogen-bond donors (Lipinski definition) is 4. The molecular formula is C22H36F4N6O3. The number of rotatable bonds is 13. The van der Waals surface area contributed by atoms with E-state index in [1.54, 1.807) is 16.7 Å². The summed E-state index contributed by atoms with van der Waals surface area (Å²) >= 11 is 0. The van der Waals surface area contributed by atoms with Crippen molar-refractivity contribution in [3.63, 3.8) is 0 Å². The van der Waals surface area contributed by atoms with Crippen LogP contribution in [0.3, 0.4) is 0 Å². The Hall–Kier alpha value is -2.25. The predicted molar refractivity (Wildman–Crippen MR) is 123 cm³/mol. The molecule has 0 bridgehead atoms. The van der Waals surface area contributed by atoms with Crippen LogP contribution in [0.5, 0.6) is 0 Å². The number of halogens is 4. The van der Waals surface area contributed by atoms with Gasteiger partial charge in [-0.2, -0.15) is 17.6 Å². The van der Waals surface area contributed by atoms with Crippen LogP contribution in [0.15, 0.2) is 6.33 Å². The number of aromatic nitrogens is 2. The minimum atomic E-state index is -4.20. The molecule has 2 heterocycles. The van der Waals surface area contributed by atoms with Crippen LogP contribution in [0.1, 0.15) is 46.0 Å². The molecule has 200 valence electrons. The zero-order valence-corrected chi connectivity index (χ0v) is 20.2. The normalized spacial score (nSPS) is 22.1. The predicted octanol–water partition coefficient (Wildman–Crippen LogP) is 1.90. The minimum Gasteiger partial charge on any atom is -0.389 e. The SMILES string of the molecule is CC[C@@H](CCCC(F)(F)F)CN(CC)c1ncnc(NC[C@]2(O)CCN(CC(N)=O)C[C@H]2O)c1F. The number of aliphatic hydroxyl groups is 2. The Balaban J connectivity index is 2.03. The number of amides is 1. The highest BCUT2D eigenvalue weighted by Crippen LogP contribution is 2.28. The number of carbonyl (C=O) groups excluding carboxylic acids is 1. The van der Waals surface area contributed by atoms with Crippen LogP contribution in [-0.2, 0) is 4.79 Å². The Labute approximate surface area is 202 Å². The number of nitrogens with two attached hydrogens (primary N) is 1. The fraction of sp³-hybridized carbons (Fsp3) is 0.773. The van der Waals surface area contributed by atoms with Crippen LogP contribution >= 0.6 is 0 Å². The fourth-order valence-electron chi connectivity index (χ4n) is 4.23. The number of β-amino-alcohol motifs (C(OH)–C–C–N with tert-alkyl or cyclic N) is 1. The third-order valence-electron chi connectivity index (χ3n) is 6.43. The average Bonchev–Trinajstić information content (AvgIpc) is 2.77. The van der Waals surface area contributed by atoms with Crippen molar-refractivity contribution in [2.75, 3.05) is 49.5 Å². The summed E-state index contributed by atoms with van der Waals surface area (Å²) in [6.07, 6.45) is -3.92. The number of anilines is 2. The van der Waals surface area contributed by atoms with E-state index in [1.807, 2.05) is 6.92 Å². The number of primary amides is 1. The molecule has 9 nitrogen and oxygen atoms in total. The van der Waals surface area contributed by atoms with Crippen molar-refractivity contribution in [2.24, 2.45) is 11.7 Å². The van der Waals surface area contributed by atoms with Gasteiger partial charge in [0.05, 0.1) is 12.6 Å². The van der Waals surface area contributed by atoms with E-state index in [0.29, 0.717) is 32.5 Å². The Morgan fingerprint density at radius 1 is 1.40 bits per heavy atom. The number of nitrogens with zero attached hydrogens (tertiary/aromatic N) is 4. The van der Waals surface area contributed by atoms with Crippen molar-refractivity contribution in [3.05, 3.63) is 12.1 Å². The van der Waals surface area contributed by atoms with Crippen molar-refractivity contribution in [3.8, 4) is 0 Å². The third-order valence-corrected chi connectivity index (χ3v) is 6.43. The molecule has 1 saturated heterocycles. The summed E-state index contributed by atoms with van der Waals surface area (Å²) in [6.45, 7) is 4.56. The van der Waals surface area contributed by atoms with Crippen molar-refractivity contribution >= 4 is 17.5 Å². The Morgan fingerprint density at radius 2 is 2.11 bits per heavy atom. The zero-order chi connectivity index (χ0) is 26.2. The van der Waals surface area contributed by atoms with Crippen LogP contribution in [0.4, 0.5) is 29.2 Å². The van der Waals surface area contributed by atoms with Gasteiger partial charge in [-0.3, -0.25) is 9.69 Å². The van der Waals surface area contributed by atoms with Gasteiger partial charge in [-0.25, -0.2) is 9.97 Å². The Bertz CT molecular complexity index is 831. The topological polar surface area (TPSA) is 128 Å². The van der Waals surface area contributed by atoms with Gasteiger partial charge < -0.3 is 26.2 Å². The van der Waals surface area contributed by atoms with Crippen LogP contribution in [-0.4, -0.2) is 88.1 Å². The highest BCUT2D eigenvalue weighted by molar-refractivity contribution is 5.75. The molecule has 1 amide bonds. The van der Waals surface area contributed by atoms with Gasteiger partial charge in [-0.05, 0) is 32.1 Å². The van der Waals surface area contributed by atoms with Gasteiger partial charge in [0.2, 0.25) is 11.7 Å². The zero-order valence-electron chi connectivity index (χ0n) is 20.2. The summed E-state index contributed by atoms with van der Waals surface area (Å²) in [7, 11) is 0. The first-order chi connectivity index (χ1) is 16.4. The maximum atomic E-state index is 15.3. The number of aliphatic hydroxyl groups excluding tert-OH is 1. The van der Waals surface area contributed by atoms with Crippen LogP contribution in [0.2, 0.25) is 0 Å². The molecule has 1 aromatic heterocycles. The molecule has 3 atom stereocenters. The Kier molecular flexibility index (Phi) is 10.5.